The van der Waals surface area contributed by atoms with Gasteiger partial charge in [0, 0.05) is 12.0 Å². The first-order chi connectivity index (χ1) is 5.79. The van der Waals surface area contributed by atoms with E-state index in [1.807, 2.05) is 0 Å². The van der Waals surface area contributed by atoms with E-state index < -0.39 is 0 Å². The van der Waals surface area contributed by atoms with Crippen LogP contribution < -0.4 is 0 Å². The summed E-state index contributed by atoms with van der Waals surface area (Å²) >= 11 is 0. The lowest BCUT2D eigenvalue weighted by Gasteiger charge is -2.70. The highest BCUT2D eigenvalue weighted by Crippen LogP contribution is 2.75. The van der Waals surface area contributed by atoms with Crippen LogP contribution in [-0.4, -0.2) is 18.0 Å². The molecule has 0 aromatic carbocycles. The molecule has 2 bridgehead atoms. The standard InChI is InChI=1S/C9H12O3/c10-6-8-3-9(4-8,5-8)7-11-1-2-12-7/h1-2,7,10H,3-6H2. The van der Waals surface area contributed by atoms with Crippen molar-refractivity contribution in [2.75, 3.05) is 6.61 Å². The van der Waals surface area contributed by atoms with Crippen LogP contribution in [-0.2, 0) is 9.47 Å². The first-order valence-corrected chi connectivity index (χ1v) is 4.36. The van der Waals surface area contributed by atoms with Gasteiger partial charge in [0.25, 0.3) is 0 Å². The van der Waals surface area contributed by atoms with Crippen LogP contribution in [0.1, 0.15) is 19.3 Å². The van der Waals surface area contributed by atoms with E-state index in [0.717, 1.165) is 19.3 Å². The fraction of sp³-hybridized carbons (Fsp3) is 0.778. The van der Waals surface area contributed by atoms with Crippen LogP contribution in [0.5, 0.6) is 0 Å². The van der Waals surface area contributed by atoms with Crippen LogP contribution >= 0.6 is 0 Å². The second-order valence-electron chi connectivity index (χ2n) is 4.43. The van der Waals surface area contributed by atoms with E-state index in [1.165, 1.54) is 0 Å². The van der Waals surface area contributed by atoms with E-state index in [4.69, 9.17) is 14.6 Å². The summed E-state index contributed by atoms with van der Waals surface area (Å²) in [6.07, 6.45) is 6.37. The number of hydrogen-bond donors (Lipinski definition) is 1. The third-order valence-electron chi connectivity index (χ3n) is 3.48. The lowest BCUT2D eigenvalue weighted by Crippen LogP contribution is -2.68. The van der Waals surface area contributed by atoms with Crippen LogP contribution in [0.15, 0.2) is 12.5 Å². The molecule has 4 rings (SSSR count). The lowest BCUT2D eigenvalue weighted by molar-refractivity contribution is -0.309. The van der Waals surface area contributed by atoms with Gasteiger partial charge in [0.15, 0.2) is 0 Å². The quantitative estimate of drug-likeness (QED) is 0.668. The summed E-state index contributed by atoms with van der Waals surface area (Å²) in [7, 11) is 0. The Morgan fingerprint density at radius 2 is 1.83 bits per heavy atom. The molecule has 0 aromatic rings. The number of hydrogen-bond acceptors (Lipinski definition) is 3. The molecule has 0 spiro atoms. The highest BCUT2D eigenvalue weighted by atomic mass is 16.7. The molecule has 0 unspecified atom stereocenters. The van der Waals surface area contributed by atoms with Gasteiger partial charge in [-0.3, -0.25) is 0 Å². The molecule has 3 fully saturated rings. The molecular weight excluding hydrogens is 156 g/mol. The second kappa shape index (κ2) is 1.79. The van der Waals surface area contributed by atoms with Crippen molar-refractivity contribution in [3.05, 3.63) is 12.5 Å². The van der Waals surface area contributed by atoms with Crippen molar-refractivity contribution in [1.82, 2.24) is 0 Å². The van der Waals surface area contributed by atoms with Crippen molar-refractivity contribution < 1.29 is 14.6 Å². The minimum Gasteiger partial charge on any atom is -0.459 e. The zero-order valence-corrected chi connectivity index (χ0v) is 6.82. The Bertz CT molecular complexity index is 218. The van der Waals surface area contributed by atoms with E-state index in [1.54, 1.807) is 12.5 Å². The summed E-state index contributed by atoms with van der Waals surface area (Å²) in [6, 6.07) is 0. The van der Waals surface area contributed by atoms with Gasteiger partial charge in [0.2, 0.25) is 6.29 Å². The van der Waals surface area contributed by atoms with Crippen LogP contribution in [0.25, 0.3) is 0 Å². The van der Waals surface area contributed by atoms with Crippen molar-refractivity contribution in [1.29, 1.82) is 0 Å². The van der Waals surface area contributed by atoms with Crippen molar-refractivity contribution >= 4 is 0 Å². The molecule has 0 radical (unpaired) electrons. The normalized spacial score (nSPS) is 49.1. The van der Waals surface area contributed by atoms with Gasteiger partial charge in [-0.1, -0.05) is 0 Å². The predicted octanol–water partition coefficient (Wildman–Crippen LogP) is 0.993. The molecule has 1 heterocycles. The Labute approximate surface area is 71.0 Å². The molecule has 3 nitrogen and oxygen atoms in total. The molecule has 0 atom stereocenters. The fourth-order valence-electron chi connectivity index (χ4n) is 3.03. The zero-order valence-electron chi connectivity index (χ0n) is 6.82. The first-order valence-electron chi connectivity index (χ1n) is 4.36. The summed E-state index contributed by atoms with van der Waals surface area (Å²) < 4.78 is 10.6. The molecule has 0 amide bonds. The van der Waals surface area contributed by atoms with Gasteiger partial charge >= 0.3 is 0 Å². The van der Waals surface area contributed by atoms with E-state index in [2.05, 4.69) is 0 Å². The Morgan fingerprint density at radius 1 is 1.25 bits per heavy atom. The number of aliphatic hydroxyl groups excluding tert-OH is 1. The van der Waals surface area contributed by atoms with Crippen molar-refractivity contribution in [3.63, 3.8) is 0 Å². The van der Waals surface area contributed by atoms with Gasteiger partial charge in [-0.15, -0.1) is 0 Å². The Morgan fingerprint density at radius 3 is 2.33 bits per heavy atom. The van der Waals surface area contributed by atoms with Gasteiger partial charge in [0.05, 0.1) is 0 Å². The average Bonchev–Trinajstić information content (AvgIpc) is 2.35. The summed E-state index contributed by atoms with van der Waals surface area (Å²) in [5, 5.41) is 9.04. The van der Waals surface area contributed by atoms with Gasteiger partial charge < -0.3 is 14.6 Å². The number of rotatable bonds is 2. The van der Waals surface area contributed by atoms with Crippen molar-refractivity contribution in [2.45, 2.75) is 25.6 Å². The monoisotopic (exact) mass is 168 g/mol. The SMILES string of the molecule is OCC12CC(C3OC=CO3)(C1)C2. The maximum Gasteiger partial charge on any atom is 0.245 e. The van der Waals surface area contributed by atoms with Crippen LogP contribution in [0.4, 0.5) is 0 Å². The summed E-state index contributed by atoms with van der Waals surface area (Å²) in [4.78, 5) is 0. The highest BCUT2D eigenvalue weighted by Gasteiger charge is 2.72. The molecule has 3 heteroatoms. The number of aliphatic hydroxyl groups is 1. The Hall–Kier alpha value is -0.700. The largest absolute Gasteiger partial charge is 0.459 e. The first kappa shape index (κ1) is 6.78. The second-order valence-corrected chi connectivity index (χ2v) is 4.43. The minimum absolute atomic E-state index is 0.0640. The Kier molecular flexibility index (Phi) is 1.01. The van der Waals surface area contributed by atoms with E-state index in [-0.39, 0.29) is 17.1 Å². The van der Waals surface area contributed by atoms with E-state index in [0.29, 0.717) is 6.61 Å². The van der Waals surface area contributed by atoms with Crippen molar-refractivity contribution in [2.24, 2.45) is 10.8 Å². The molecular formula is C9H12O3. The molecule has 0 saturated heterocycles. The van der Waals surface area contributed by atoms with Crippen LogP contribution in [0.3, 0.4) is 0 Å². The van der Waals surface area contributed by atoms with Gasteiger partial charge in [-0.25, -0.2) is 0 Å². The predicted molar refractivity (Wildman–Crippen MR) is 40.9 cm³/mol. The molecule has 12 heavy (non-hydrogen) atoms. The molecule has 66 valence electrons. The zero-order chi connectivity index (χ0) is 8.23. The minimum atomic E-state index is -0.0640. The third kappa shape index (κ3) is 0.578. The van der Waals surface area contributed by atoms with Crippen LogP contribution in [0.2, 0.25) is 0 Å². The Balaban J connectivity index is 1.68. The van der Waals surface area contributed by atoms with Gasteiger partial charge in [-0.2, -0.15) is 0 Å². The molecule has 3 saturated carbocycles. The lowest BCUT2D eigenvalue weighted by atomic mass is 9.35. The molecule has 1 N–H and O–H groups in total. The average molecular weight is 168 g/mol. The maximum absolute atomic E-state index is 9.04. The van der Waals surface area contributed by atoms with Crippen LogP contribution in [0, 0.1) is 10.8 Å². The fourth-order valence-corrected chi connectivity index (χ4v) is 3.03. The van der Waals surface area contributed by atoms with E-state index >= 15 is 0 Å². The topological polar surface area (TPSA) is 38.7 Å². The third-order valence-corrected chi connectivity index (χ3v) is 3.48. The van der Waals surface area contributed by atoms with E-state index in [9.17, 15) is 0 Å². The molecule has 1 aliphatic heterocycles. The summed E-state index contributed by atoms with van der Waals surface area (Å²) in [6.45, 7) is 0.328. The summed E-state index contributed by atoms with van der Waals surface area (Å²) in [5.74, 6) is 0. The number of ether oxygens (including phenoxy) is 2. The highest BCUT2D eigenvalue weighted by molar-refractivity contribution is 5.19. The molecule has 3 aliphatic carbocycles. The van der Waals surface area contributed by atoms with Gasteiger partial charge in [0.1, 0.15) is 12.5 Å². The maximum atomic E-state index is 9.04. The van der Waals surface area contributed by atoms with Crippen molar-refractivity contribution in [3.8, 4) is 0 Å². The molecule has 0 aromatic heterocycles. The van der Waals surface area contributed by atoms with Gasteiger partial charge in [-0.05, 0) is 24.7 Å². The smallest absolute Gasteiger partial charge is 0.245 e. The molecule has 4 aliphatic rings. The summed E-state index contributed by atoms with van der Waals surface area (Å²) in [5.41, 5.74) is 0.488.